The number of hydrogen-bond acceptors (Lipinski definition) is 2. The summed E-state index contributed by atoms with van der Waals surface area (Å²) in [6, 6.07) is 4.66. The number of carbonyl (C=O) groups is 1. The Morgan fingerprint density at radius 3 is 2.38 bits per heavy atom. The number of hydrogen-bond donors (Lipinski definition) is 2. The number of halogens is 3. The molecule has 0 aliphatic rings. The van der Waals surface area contributed by atoms with Gasteiger partial charge in [-0.2, -0.15) is 18.3 Å². The highest BCUT2D eigenvalue weighted by molar-refractivity contribution is 5.94. The molecule has 21 heavy (non-hydrogen) atoms. The molecule has 1 aromatic heterocycles. The molecule has 0 saturated heterocycles. The number of alkyl halides is 3. The molecule has 1 heterocycles. The van der Waals surface area contributed by atoms with Gasteiger partial charge >= 0.3 is 6.18 Å². The van der Waals surface area contributed by atoms with Crippen LogP contribution in [0, 0.1) is 0 Å². The topological polar surface area (TPSA) is 57.8 Å². The van der Waals surface area contributed by atoms with Gasteiger partial charge in [-0.3, -0.25) is 9.89 Å². The van der Waals surface area contributed by atoms with Gasteiger partial charge in [0.15, 0.2) is 0 Å². The fraction of sp³-hybridized carbons (Fsp3) is 0.286. The van der Waals surface area contributed by atoms with E-state index >= 15 is 0 Å². The fourth-order valence-electron chi connectivity index (χ4n) is 1.97. The Balaban J connectivity index is 2.42. The van der Waals surface area contributed by atoms with Crippen molar-refractivity contribution in [3.8, 4) is 11.3 Å². The van der Waals surface area contributed by atoms with Gasteiger partial charge in [-0.15, -0.1) is 0 Å². The summed E-state index contributed by atoms with van der Waals surface area (Å²) in [5, 5.41) is 9.53. The number of H-pyrrole nitrogens is 1. The normalized spacial score (nSPS) is 11.5. The van der Waals surface area contributed by atoms with Crippen molar-refractivity contribution in [3.05, 3.63) is 35.5 Å². The molecule has 0 spiro atoms. The molecule has 0 unspecified atom stereocenters. The van der Waals surface area contributed by atoms with Crippen LogP contribution in [0.15, 0.2) is 24.3 Å². The Labute approximate surface area is 119 Å². The number of amides is 1. The summed E-state index contributed by atoms with van der Waals surface area (Å²) >= 11 is 0. The maximum atomic E-state index is 12.6. The molecule has 1 aromatic carbocycles. The van der Waals surface area contributed by atoms with E-state index < -0.39 is 11.7 Å². The Hall–Kier alpha value is -2.31. The first-order valence-electron chi connectivity index (χ1n) is 6.35. The van der Waals surface area contributed by atoms with E-state index in [2.05, 4.69) is 15.5 Å². The minimum absolute atomic E-state index is 0.265. The first-order chi connectivity index (χ1) is 9.82. The summed E-state index contributed by atoms with van der Waals surface area (Å²) < 4.78 is 37.7. The zero-order valence-corrected chi connectivity index (χ0v) is 11.5. The molecular formula is C14H14F3N3O. The predicted molar refractivity (Wildman–Crippen MR) is 72.7 cm³/mol. The second-order valence-corrected chi connectivity index (χ2v) is 4.54. The molecule has 2 N–H and O–H groups in total. The summed E-state index contributed by atoms with van der Waals surface area (Å²) in [4.78, 5) is 11.2. The Morgan fingerprint density at radius 2 is 1.90 bits per heavy atom. The SMILES string of the molecule is CCc1[nH]nc(-c2ccc(C(F)(F)F)cc2)c1NC(C)=O. The molecule has 0 aliphatic carbocycles. The quantitative estimate of drug-likeness (QED) is 0.909. The number of anilines is 1. The van der Waals surface area contributed by atoms with Crippen LogP contribution >= 0.6 is 0 Å². The third-order valence-electron chi connectivity index (χ3n) is 2.98. The van der Waals surface area contributed by atoms with Crippen LogP contribution in [0.25, 0.3) is 11.3 Å². The van der Waals surface area contributed by atoms with Crippen LogP contribution in [-0.2, 0) is 17.4 Å². The lowest BCUT2D eigenvalue weighted by Gasteiger charge is -2.08. The summed E-state index contributed by atoms with van der Waals surface area (Å²) in [7, 11) is 0. The van der Waals surface area contributed by atoms with Crippen LogP contribution in [0.3, 0.4) is 0 Å². The predicted octanol–water partition coefficient (Wildman–Crippen LogP) is 3.62. The van der Waals surface area contributed by atoms with Crippen LogP contribution in [0.1, 0.15) is 25.1 Å². The fourth-order valence-corrected chi connectivity index (χ4v) is 1.97. The monoisotopic (exact) mass is 297 g/mol. The van der Waals surface area contributed by atoms with Crippen molar-refractivity contribution >= 4 is 11.6 Å². The van der Waals surface area contributed by atoms with E-state index in [9.17, 15) is 18.0 Å². The molecule has 1 amide bonds. The van der Waals surface area contributed by atoms with E-state index in [-0.39, 0.29) is 5.91 Å². The van der Waals surface area contributed by atoms with E-state index in [4.69, 9.17) is 0 Å². The minimum atomic E-state index is -4.38. The van der Waals surface area contributed by atoms with E-state index in [1.54, 1.807) is 0 Å². The molecule has 2 rings (SSSR count). The Bertz CT molecular complexity index is 644. The van der Waals surface area contributed by atoms with Crippen molar-refractivity contribution in [2.75, 3.05) is 5.32 Å². The highest BCUT2D eigenvalue weighted by atomic mass is 19.4. The molecule has 0 fully saturated rings. The third-order valence-corrected chi connectivity index (χ3v) is 2.98. The van der Waals surface area contributed by atoms with Gasteiger partial charge in [0.05, 0.1) is 16.9 Å². The highest BCUT2D eigenvalue weighted by Gasteiger charge is 2.30. The van der Waals surface area contributed by atoms with Crippen LogP contribution in [0.2, 0.25) is 0 Å². The number of carbonyl (C=O) groups excluding carboxylic acids is 1. The third kappa shape index (κ3) is 3.24. The summed E-state index contributed by atoms with van der Waals surface area (Å²) in [6.45, 7) is 3.25. The number of rotatable bonds is 3. The summed E-state index contributed by atoms with van der Waals surface area (Å²) in [5.74, 6) is -0.265. The van der Waals surface area contributed by atoms with Crippen molar-refractivity contribution in [3.63, 3.8) is 0 Å². The zero-order chi connectivity index (χ0) is 15.6. The highest BCUT2D eigenvalue weighted by Crippen LogP contribution is 2.33. The Morgan fingerprint density at radius 1 is 1.29 bits per heavy atom. The molecular weight excluding hydrogens is 283 g/mol. The van der Waals surface area contributed by atoms with Crippen molar-refractivity contribution in [1.29, 1.82) is 0 Å². The van der Waals surface area contributed by atoms with Gasteiger partial charge in [-0.25, -0.2) is 0 Å². The standard InChI is InChI=1S/C14H14F3N3O/c1-3-11-13(18-8(2)21)12(20-19-11)9-4-6-10(7-5-9)14(15,16)17/h4-7H,3H2,1-2H3,(H,18,21)(H,19,20). The van der Waals surface area contributed by atoms with E-state index in [1.165, 1.54) is 19.1 Å². The first-order valence-corrected chi connectivity index (χ1v) is 6.35. The molecule has 112 valence electrons. The average molecular weight is 297 g/mol. The van der Waals surface area contributed by atoms with Crippen LogP contribution in [-0.4, -0.2) is 16.1 Å². The lowest BCUT2D eigenvalue weighted by atomic mass is 10.1. The minimum Gasteiger partial charge on any atom is -0.323 e. The van der Waals surface area contributed by atoms with Gasteiger partial charge in [0.25, 0.3) is 0 Å². The lowest BCUT2D eigenvalue weighted by molar-refractivity contribution is -0.137. The van der Waals surface area contributed by atoms with Gasteiger partial charge in [-0.05, 0) is 18.6 Å². The van der Waals surface area contributed by atoms with Gasteiger partial charge in [0.2, 0.25) is 5.91 Å². The van der Waals surface area contributed by atoms with E-state index in [0.29, 0.717) is 23.4 Å². The number of aromatic amines is 1. The largest absolute Gasteiger partial charge is 0.416 e. The smallest absolute Gasteiger partial charge is 0.323 e. The molecule has 0 atom stereocenters. The van der Waals surface area contributed by atoms with Gasteiger partial charge in [-0.1, -0.05) is 19.1 Å². The second kappa shape index (κ2) is 5.59. The molecule has 0 aliphatic heterocycles. The van der Waals surface area contributed by atoms with Crippen molar-refractivity contribution in [2.45, 2.75) is 26.4 Å². The zero-order valence-electron chi connectivity index (χ0n) is 11.5. The average Bonchev–Trinajstić information content (AvgIpc) is 2.80. The maximum Gasteiger partial charge on any atom is 0.416 e. The summed E-state index contributed by atoms with van der Waals surface area (Å²) in [6.07, 6.45) is -3.76. The number of nitrogens with one attached hydrogen (secondary N) is 2. The molecule has 0 radical (unpaired) electrons. The molecule has 0 saturated carbocycles. The molecule has 2 aromatic rings. The van der Waals surface area contributed by atoms with E-state index in [0.717, 1.165) is 17.8 Å². The van der Waals surface area contributed by atoms with Crippen molar-refractivity contribution < 1.29 is 18.0 Å². The van der Waals surface area contributed by atoms with Crippen LogP contribution < -0.4 is 5.32 Å². The maximum absolute atomic E-state index is 12.6. The molecule has 7 heteroatoms. The van der Waals surface area contributed by atoms with E-state index in [1.807, 2.05) is 6.92 Å². The molecule has 0 bridgehead atoms. The second-order valence-electron chi connectivity index (χ2n) is 4.54. The number of aromatic nitrogens is 2. The van der Waals surface area contributed by atoms with Gasteiger partial charge in [0, 0.05) is 12.5 Å². The van der Waals surface area contributed by atoms with Gasteiger partial charge in [0.1, 0.15) is 5.69 Å². The van der Waals surface area contributed by atoms with Crippen LogP contribution in [0.4, 0.5) is 18.9 Å². The number of aryl methyl sites for hydroxylation is 1. The molecule has 4 nitrogen and oxygen atoms in total. The number of nitrogens with zero attached hydrogens (tertiary/aromatic N) is 1. The Kier molecular flexibility index (Phi) is 4.02. The first kappa shape index (κ1) is 15.1. The van der Waals surface area contributed by atoms with Crippen molar-refractivity contribution in [2.24, 2.45) is 0 Å². The van der Waals surface area contributed by atoms with Gasteiger partial charge < -0.3 is 5.32 Å². The number of benzene rings is 1. The lowest BCUT2D eigenvalue weighted by Crippen LogP contribution is -2.08. The van der Waals surface area contributed by atoms with Crippen molar-refractivity contribution in [1.82, 2.24) is 10.2 Å². The van der Waals surface area contributed by atoms with Crippen LogP contribution in [0.5, 0.6) is 0 Å². The summed E-state index contributed by atoms with van der Waals surface area (Å²) in [5.41, 5.74) is 1.43.